The van der Waals surface area contributed by atoms with Gasteiger partial charge in [-0.1, -0.05) is 39.7 Å². The normalized spacial score (nSPS) is 15.2. The first-order chi connectivity index (χ1) is 13.8. The molecule has 1 fully saturated rings. The van der Waals surface area contributed by atoms with Gasteiger partial charge in [0.15, 0.2) is 0 Å². The highest BCUT2D eigenvalue weighted by molar-refractivity contribution is 9.10. The standard InChI is InChI=1S/C20H22BrN3O4S/c1-15-5-7-18(8-6-15)29(27,28)24-11-9-23(10-12-24)19(25)14-22-20(26)16-3-2-4-17(21)13-16/h2-8,13H,9-12,14H2,1H3,(H,22,26). The molecule has 7 nitrogen and oxygen atoms in total. The Balaban J connectivity index is 1.53. The molecule has 0 spiro atoms. The molecule has 0 radical (unpaired) electrons. The number of benzene rings is 2. The van der Waals surface area contributed by atoms with Gasteiger partial charge in [-0.15, -0.1) is 0 Å². The zero-order valence-corrected chi connectivity index (χ0v) is 18.4. The third kappa shape index (κ3) is 5.23. The summed E-state index contributed by atoms with van der Waals surface area (Å²) in [4.78, 5) is 26.4. The third-order valence-electron chi connectivity index (χ3n) is 4.74. The molecule has 1 aliphatic heterocycles. The SMILES string of the molecule is Cc1ccc(S(=O)(=O)N2CCN(C(=O)CNC(=O)c3cccc(Br)c3)CC2)cc1. The van der Waals surface area contributed by atoms with E-state index >= 15 is 0 Å². The van der Waals surface area contributed by atoms with Gasteiger partial charge >= 0.3 is 0 Å². The van der Waals surface area contributed by atoms with E-state index in [0.717, 1.165) is 10.0 Å². The van der Waals surface area contributed by atoms with Crippen molar-refractivity contribution in [2.75, 3.05) is 32.7 Å². The molecular formula is C20H22BrN3O4S. The van der Waals surface area contributed by atoms with E-state index in [2.05, 4.69) is 21.2 Å². The second-order valence-corrected chi connectivity index (χ2v) is 9.64. The van der Waals surface area contributed by atoms with Gasteiger partial charge in [-0.25, -0.2) is 8.42 Å². The fourth-order valence-corrected chi connectivity index (χ4v) is 4.86. The van der Waals surface area contributed by atoms with Gasteiger partial charge in [0, 0.05) is 36.2 Å². The lowest BCUT2D eigenvalue weighted by atomic mass is 10.2. The van der Waals surface area contributed by atoms with Crippen molar-refractivity contribution >= 4 is 37.8 Å². The van der Waals surface area contributed by atoms with Crippen LogP contribution in [0.15, 0.2) is 57.9 Å². The second kappa shape index (κ2) is 9.06. The maximum Gasteiger partial charge on any atom is 0.251 e. The Hall–Kier alpha value is -2.23. The predicted molar refractivity (Wildman–Crippen MR) is 113 cm³/mol. The summed E-state index contributed by atoms with van der Waals surface area (Å²) in [5.41, 5.74) is 1.45. The summed E-state index contributed by atoms with van der Waals surface area (Å²) >= 11 is 3.31. The van der Waals surface area contributed by atoms with Crippen LogP contribution in [0.3, 0.4) is 0 Å². The van der Waals surface area contributed by atoms with Crippen LogP contribution >= 0.6 is 15.9 Å². The van der Waals surface area contributed by atoms with Crippen molar-refractivity contribution in [3.8, 4) is 0 Å². The first kappa shape index (κ1) is 21.5. The lowest BCUT2D eigenvalue weighted by Crippen LogP contribution is -2.52. The summed E-state index contributed by atoms with van der Waals surface area (Å²) in [6.07, 6.45) is 0. The van der Waals surface area contributed by atoms with E-state index in [9.17, 15) is 18.0 Å². The van der Waals surface area contributed by atoms with E-state index in [4.69, 9.17) is 0 Å². The first-order valence-electron chi connectivity index (χ1n) is 9.16. The molecule has 2 aromatic carbocycles. The highest BCUT2D eigenvalue weighted by atomic mass is 79.9. The van der Waals surface area contributed by atoms with Crippen LogP contribution in [0.4, 0.5) is 0 Å². The van der Waals surface area contributed by atoms with Gasteiger partial charge < -0.3 is 10.2 Å². The number of nitrogens with one attached hydrogen (secondary N) is 1. The molecule has 9 heteroatoms. The molecule has 0 aliphatic carbocycles. The van der Waals surface area contributed by atoms with Crippen molar-refractivity contribution in [3.05, 3.63) is 64.1 Å². The summed E-state index contributed by atoms with van der Waals surface area (Å²) in [5, 5.41) is 2.61. The molecule has 0 aromatic heterocycles. The number of carbonyl (C=O) groups excluding carboxylic acids is 2. The quantitative estimate of drug-likeness (QED) is 0.710. The monoisotopic (exact) mass is 479 g/mol. The van der Waals surface area contributed by atoms with Gasteiger partial charge in [0.1, 0.15) is 0 Å². The minimum absolute atomic E-state index is 0.129. The van der Waals surface area contributed by atoms with E-state index in [-0.39, 0.29) is 49.4 Å². The number of carbonyl (C=O) groups is 2. The average molecular weight is 480 g/mol. The summed E-state index contributed by atoms with van der Waals surface area (Å²) < 4.78 is 27.6. The Bertz CT molecular complexity index is 1000. The maximum atomic E-state index is 12.7. The van der Waals surface area contributed by atoms with E-state index < -0.39 is 10.0 Å². The molecule has 0 unspecified atom stereocenters. The van der Waals surface area contributed by atoms with Crippen LogP contribution in [0.25, 0.3) is 0 Å². The van der Waals surface area contributed by atoms with Crippen LogP contribution in [0.5, 0.6) is 0 Å². The van der Waals surface area contributed by atoms with Crippen molar-refractivity contribution in [2.45, 2.75) is 11.8 Å². The number of piperazine rings is 1. The summed E-state index contributed by atoms with van der Waals surface area (Å²) in [6, 6.07) is 13.6. The predicted octanol–water partition coefficient (Wildman–Crippen LogP) is 2.02. The molecule has 1 saturated heterocycles. The van der Waals surface area contributed by atoms with Crippen molar-refractivity contribution in [3.63, 3.8) is 0 Å². The molecule has 29 heavy (non-hydrogen) atoms. The molecule has 2 aromatic rings. The number of rotatable bonds is 5. The van der Waals surface area contributed by atoms with Crippen LogP contribution in [0.1, 0.15) is 15.9 Å². The van der Waals surface area contributed by atoms with E-state index in [1.807, 2.05) is 13.0 Å². The summed E-state index contributed by atoms with van der Waals surface area (Å²) in [7, 11) is -3.57. The fourth-order valence-electron chi connectivity index (χ4n) is 3.04. The van der Waals surface area contributed by atoms with Gasteiger partial charge in [-0.2, -0.15) is 4.31 Å². The van der Waals surface area contributed by atoms with Crippen LogP contribution in [0.2, 0.25) is 0 Å². The maximum absolute atomic E-state index is 12.7. The molecule has 0 saturated carbocycles. The fraction of sp³-hybridized carbons (Fsp3) is 0.300. The third-order valence-corrected chi connectivity index (χ3v) is 7.14. The lowest BCUT2D eigenvalue weighted by molar-refractivity contribution is -0.131. The van der Waals surface area contributed by atoms with E-state index in [1.165, 1.54) is 4.31 Å². The van der Waals surface area contributed by atoms with Crippen molar-refractivity contribution in [1.82, 2.24) is 14.5 Å². The Morgan fingerprint density at radius 2 is 1.69 bits per heavy atom. The molecule has 3 rings (SSSR count). The first-order valence-corrected chi connectivity index (χ1v) is 11.4. The average Bonchev–Trinajstić information content (AvgIpc) is 2.72. The van der Waals surface area contributed by atoms with Crippen LogP contribution in [-0.4, -0.2) is 62.2 Å². The van der Waals surface area contributed by atoms with Crippen LogP contribution in [-0.2, 0) is 14.8 Å². The van der Waals surface area contributed by atoms with E-state index in [0.29, 0.717) is 5.56 Å². The molecule has 0 bridgehead atoms. The van der Waals surface area contributed by atoms with Gasteiger partial charge in [0.2, 0.25) is 15.9 Å². The zero-order valence-electron chi connectivity index (χ0n) is 16.0. The van der Waals surface area contributed by atoms with Crippen LogP contribution in [0, 0.1) is 6.92 Å². The molecule has 1 N–H and O–H groups in total. The number of hydrogen-bond donors (Lipinski definition) is 1. The summed E-state index contributed by atoms with van der Waals surface area (Å²) in [5.74, 6) is -0.569. The Morgan fingerprint density at radius 3 is 2.31 bits per heavy atom. The van der Waals surface area contributed by atoms with Gasteiger partial charge in [-0.3, -0.25) is 9.59 Å². The zero-order chi connectivity index (χ0) is 21.0. The van der Waals surface area contributed by atoms with Gasteiger partial charge in [0.05, 0.1) is 11.4 Å². The van der Waals surface area contributed by atoms with E-state index in [1.54, 1.807) is 47.4 Å². The number of amides is 2. The summed E-state index contributed by atoms with van der Waals surface area (Å²) in [6.45, 7) is 2.79. The Morgan fingerprint density at radius 1 is 1.03 bits per heavy atom. The number of sulfonamides is 1. The Kier molecular flexibility index (Phi) is 6.71. The minimum Gasteiger partial charge on any atom is -0.343 e. The highest BCUT2D eigenvalue weighted by Gasteiger charge is 2.30. The second-order valence-electron chi connectivity index (χ2n) is 6.79. The molecular weight excluding hydrogens is 458 g/mol. The molecule has 2 amide bonds. The molecule has 1 aliphatic rings. The van der Waals surface area contributed by atoms with Crippen molar-refractivity contribution in [2.24, 2.45) is 0 Å². The number of aryl methyl sites for hydroxylation is 1. The number of hydrogen-bond acceptors (Lipinski definition) is 4. The number of halogens is 1. The topological polar surface area (TPSA) is 86.8 Å². The molecule has 1 heterocycles. The van der Waals surface area contributed by atoms with Gasteiger partial charge in [0.25, 0.3) is 5.91 Å². The van der Waals surface area contributed by atoms with Crippen molar-refractivity contribution < 1.29 is 18.0 Å². The van der Waals surface area contributed by atoms with Crippen molar-refractivity contribution in [1.29, 1.82) is 0 Å². The Labute approximate surface area is 178 Å². The smallest absolute Gasteiger partial charge is 0.251 e. The highest BCUT2D eigenvalue weighted by Crippen LogP contribution is 2.18. The molecule has 154 valence electrons. The largest absolute Gasteiger partial charge is 0.343 e. The molecule has 0 atom stereocenters. The lowest BCUT2D eigenvalue weighted by Gasteiger charge is -2.34. The van der Waals surface area contributed by atoms with Crippen LogP contribution < -0.4 is 5.32 Å². The minimum atomic E-state index is -3.57. The van der Waals surface area contributed by atoms with Gasteiger partial charge in [-0.05, 0) is 37.3 Å². The number of nitrogens with zero attached hydrogens (tertiary/aromatic N) is 2.